The molecule has 0 aliphatic carbocycles. The van der Waals surface area contributed by atoms with Crippen molar-refractivity contribution in [3.8, 4) is 0 Å². The van der Waals surface area contributed by atoms with Crippen LogP contribution in [0.15, 0.2) is 58.6 Å². The van der Waals surface area contributed by atoms with E-state index in [0.717, 1.165) is 5.56 Å². The van der Waals surface area contributed by atoms with E-state index in [4.69, 9.17) is 11.6 Å². The number of halogens is 1. The molecule has 120 valence electrons. The lowest BCUT2D eigenvalue weighted by Crippen LogP contribution is -2.22. The zero-order chi connectivity index (χ0) is 17.1. The summed E-state index contributed by atoms with van der Waals surface area (Å²) in [5, 5.41) is 3.84. The maximum atomic E-state index is 12.5. The Balaban J connectivity index is 1.90. The molecule has 1 amide bonds. The zero-order valence-corrected chi connectivity index (χ0v) is 13.5. The van der Waals surface area contributed by atoms with Crippen molar-refractivity contribution in [3.05, 3.63) is 80.9 Å². The van der Waals surface area contributed by atoms with Crippen molar-refractivity contribution in [2.24, 2.45) is 5.10 Å². The third kappa shape index (κ3) is 3.18. The molecule has 0 spiro atoms. The molecule has 0 bridgehead atoms. The van der Waals surface area contributed by atoms with Crippen LogP contribution < -0.4 is 11.0 Å². The van der Waals surface area contributed by atoms with Gasteiger partial charge in [0.25, 0.3) is 11.5 Å². The largest absolute Gasteiger partial charge is 0.271 e. The number of nitrogens with zero attached hydrogens (tertiary/aromatic N) is 3. The number of aromatic nitrogens is 2. The summed E-state index contributed by atoms with van der Waals surface area (Å²) in [6.07, 6.45) is 2.87. The molecule has 3 rings (SSSR count). The number of hydrogen-bond acceptors (Lipinski definition) is 4. The molecule has 0 aliphatic rings. The van der Waals surface area contributed by atoms with Crippen molar-refractivity contribution in [2.75, 3.05) is 0 Å². The highest BCUT2D eigenvalue weighted by Gasteiger charge is 2.10. The van der Waals surface area contributed by atoms with E-state index in [1.807, 2.05) is 19.1 Å². The first kappa shape index (κ1) is 15.9. The average molecular weight is 341 g/mol. The maximum absolute atomic E-state index is 12.5. The molecule has 0 atom stereocenters. The summed E-state index contributed by atoms with van der Waals surface area (Å²) >= 11 is 6.05. The highest BCUT2D eigenvalue weighted by molar-refractivity contribution is 6.32. The van der Waals surface area contributed by atoms with Gasteiger partial charge in [0.2, 0.25) is 0 Å². The summed E-state index contributed by atoms with van der Waals surface area (Å²) in [6.45, 7) is 1.87. The van der Waals surface area contributed by atoms with Crippen LogP contribution >= 0.6 is 11.6 Å². The highest BCUT2D eigenvalue weighted by atomic mass is 35.5. The molecule has 1 N–H and O–H groups in total. The second-order valence-corrected chi connectivity index (χ2v) is 5.48. The van der Waals surface area contributed by atoms with Gasteiger partial charge in [-0.05, 0) is 30.7 Å². The molecular formula is C17H13ClN4O2. The Morgan fingerprint density at radius 2 is 2.00 bits per heavy atom. The number of fused-ring (bicyclic) bond motifs is 1. The Bertz CT molecular complexity index is 997. The van der Waals surface area contributed by atoms with Crippen LogP contribution in [0.4, 0.5) is 0 Å². The Labute approximate surface area is 142 Å². The van der Waals surface area contributed by atoms with Gasteiger partial charge in [-0.25, -0.2) is 10.4 Å². The smallest absolute Gasteiger partial charge is 0.268 e. The number of pyridine rings is 1. The second-order valence-electron chi connectivity index (χ2n) is 5.12. The number of carbonyl (C=O) groups is 1. The summed E-state index contributed by atoms with van der Waals surface area (Å²) in [6, 6.07) is 12.2. The van der Waals surface area contributed by atoms with E-state index < -0.39 is 0 Å². The molecule has 0 fully saturated rings. The monoisotopic (exact) mass is 340 g/mol. The molecule has 24 heavy (non-hydrogen) atoms. The van der Waals surface area contributed by atoms with Crippen LogP contribution in [0.1, 0.15) is 21.5 Å². The van der Waals surface area contributed by atoms with Crippen molar-refractivity contribution < 1.29 is 4.79 Å². The zero-order valence-electron chi connectivity index (χ0n) is 12.7. The maximum Gasteiger partial charge on any atom is 0.271 e. The molecule has 2 heterocycles. The molecule has 1 aromatic carbocycles. The fourth-order valence-electron chi connectivity index (χ4n) is 2.15. The van der Waals surface area contributed by atoms with Gasteiger partial charge in [0.15, 0.2) is 0 Å². The van der Waals surface area contributed by atoms with Crippen molar-refractivity contribution in [2.45, 2.75) is 6.92 Å². The summed E-state index contributed by atoms with van der Waals surface area (Å²) in [5.74, 6) is -0.382. The quantitative estimate of drug-likeness (QED) is 0.452. The fraction of sp³-hybridized carbons (Fsp3) is 0.0588. The van der Waals surface area contributed by atoms with Gasteiger partial charge in [0.1, 0.15) is 10.8 Å². The van der Waals surface area contributed by atoms with Crippen LogP contribution in [0.3, 0.4) is 0 Å². The average Bonchev–Trinajstić information content (AvgIpc) is 2.59. The van der Waals surface area contributed by atoms with Crippen molar-refractivity contribution in [3.63, 3.8) is 0 Å². The van der Waals surface area contributed by atoms with Crippen LogP contribution in [0, 0.1) is 6.92 Å². The van der Waals surface area contributed by atoms with E-state index in [0.29, 0.717) is 11.2 Å². The van der Waals surface area contributed by atoms with Crippen LogP contribution in [0.2, 0.25) is 5.15 Å². The van der Waals surface area contributed by atoms with Gasteiger partial charge in [-0.3, -0.25) is 14.0 Å². The van der Waals surface area contributed by atoms with Crippen LogP contribution in [-0.2, 0) is 0 Å². The van der Waals surface area contributed by atoms with Crippen molar-refractivity contribution in [1.29, 1.82) is 0 Å². The number of rotatable bonds is 3. The molecule has 2 aromatic heterocycles. The first-order chi connectivity index (χ1) is 11.6. The molecule has 6 nitrogen and oxygen atoms in total. The van der Waals surface area contributed by atoms with Gasteiger partial charge in [-0.15, -0.1) is 0 Å². The molecule has 0 saturated carbocycles. The molecular weight excluding hydrogens is 328 g/mol. The number of carbonyl (C=O) groups excluding carboxylic acids is 1. The highest BCUT2D eigenvalue weighted by Crippen LogP contribution is 2.10. The first-order valence-corrected chi connectivity index (χ1v) is 7.51. The molecule has 0 unspecified atom stereocenters. The lowest BCUT2D eigenvalue weighted by atomic mass is 10.2. The van der Waals surface area contributed by atoms with E-state index in [2.05, 4.69) is 15.5 Å². The Morgan fingerprint density at radius 3 is 2.75 bits per heavy atom. The third-order valence-electron chi connectivity index (χ3n) is 3.35. The van der Waals surface area contributed by atoms with Crippen molar-refractivity contribution >= 4 is 29.4 Å². The number of amides is 1. The Hall–Kier alpha value is -2.99. The minimum atomic E-state index is -0.382. The van der Waals surface area contributed by atoms with E-state index in [1.165, 1.54) is 10.6 Å². The van der Waals surface area contributed by atoms with E-state index in [1.54, 1.807) is 36.5 Å². The first-order valence-electron chi connectivity index (χ1n) is 7.13. The molecule has 0 radical (unpaired) electrons. The normalized spacial score (nSPS) is 11.1. The second kappa shape index (κ2) is 6.64. The number of hydrogen-bond donors (Lipinski definition) is 1. The predicted octanol–water partition coefficient (Wildman–Crippen LogP) is 2.42. The van der Waals surface area contributed by atoms with Gasteiger partial charge in [0.05, 0.1) is 11.8 Å². The minimum absolute atomic E-state index is 0.0292. The standard InChI is InChI=1S/C17H13ClN4O2/c1-11-7-8-14-20-15(18)13(17(24)22(14)10-11)9-19-21-16(23)12-5-3-2-4-6-12/h2-10H,1H3,(H,21,23). The topological polar surface area (TPSA) is 75.8 Å². The summed E-state index contributed by atoms with van der Waals surface area (Å²) < 4.78 is 1.39. The van der Waals surface area contributed by atoms with Gasteiger partial charge in [-0.2, -0.15) is 5.10 Å². The van der Waals surface area contributed by atoms with E-state index >= 15 is 0 Å². The van der Waals surface area contributed by atoms with E-state index in [-0.39, 0.29) is 22.2 Å². The molecule has 0 aliphatic heterocycles. The molecule has 7 heteroatoms. The van der Waals surface area contributed by atoms with Crippen LogP contribution in [-0.4, -0.2) is 21.5 Å². The summed E-state index contributed by atoms with van der Waals surface area (Å²) in [7, 11) is 0. The summed E-state index contributed by atoms with van der Waals surface area (Å²) in [4.78, 5) is 28.5. The Morgan fingerprint density at radius 1 is 1.25 bits per heavy atom. The third-order valence-corrected chi connectivity index (χ3v) is 3.64. The predicted molar refractivity (Wildman–Crippen MR) is 92.7 cm³/mol. The van der Waals surface area contributed by atoms with Crippen LogP contribution in [0.5, 0.6) is 0 Å². The number of nitrogens with one attached hydrogen (secondary N) is 1. The van der Waals surface area contributed by atoms with Gasteiger partial charge < -0.3 is 0 Å². The fourth-order valence-corrected chi connectivity index (χ4v) is 2.37. The lowest BCUT2D eigenvalue weighted by Gasteiger charge is -2.04. The van der Waals surface area contributed by atoms with Gasteiger partial charge in [-0.1, -0.05) is 35.9 Å². The minimum Gasteiger partial charge on any atom is -0.268 e. The lowest BCUT2D eigenvalue weighted by molar-refractivity contribution is 0.0955. The van der Waals surface area contributed by atoms with Gasteiger partial charge >= 0.3 is 0 Å². The van der Waals surface area contributed by atoms with E-state index in [9.17, 15) is 9.59 Å². The SMILES string of the molecule is Cc1ccc2nc(Cl)c(C=NNC(=O)c3ccccc3)c(=O)n2c1. The summed E-state index contributed by atoms with van der Waals surface area (Å²) in [5.41, 5.74) is 3.93. The van der Waals surface area contributed by atoms with Crippen molar-refractivity contribution in [1.82, 2.24) is 14.8 Å². The molecule has 0 saturated heterocycles. The van der Waals surface area contributed by atoms with Crippen LogP contribution in [0.25, 0.3) is 5.65 Å². The number of hydrazone groups is 1. The van der Waals surface area contributed by atoms with Gasteiger partial charge in [0, 0.05) is 11.8 Å². The number of benzene rings is 1. The Kier molecular flexibility index (Phi) is 4.39. The molecule has 3 aromatic rings. The number of aryl methyl sites for hydroxylation is 1.